The van der Waals surface area contributed by atoms with Gasteiger partial charge in [0.05, 0.1) is 20.3 Å². The number of rotatable bonds is 10. The highest BCUT2D eigenvalue weighted by atomic mass is 16.5. The third-order valence-corrected chi connectivity index (χ3v) is 2.65. The van der Waals surface area contributed by atoms with E-state index in [0.717, 1.165) is 13.0 Å². The fraction of sp³-hybridized carbons (Fsp3) is 0.917. The maximum atomic E-state index is 11.5. The fourth-order valence-electron chi connectivity index (χ4n) is 1.30. The second-order valence-electron chi connectivity index (χ2n) is 4.05. The zero-order chi connectivity index (χ0) is 13.1. The Hall–Kier alpha value is -0.650. The van der Waals surface area contributed by atoms with Gasteiger partial charge in [-0.05, 0) is 26.8 Å². The lowest BCUT2D eigenvalue weighted by atomic mass is 9.99. The van der Waals surface area contributed by atoms with Gasteiger partial charge in [-0.25, -0.2) is 0 Å². The molecule has 0 fully saturated rings. The molecule has 0 bridgehead atoms. The van der Waals surface area contributed by atoms with Gasteiger partial charge < -0.3 is 19.5 Å². The summed E-state index contributed by atoms with van der Waals surface area (Å²) in [6.07, 6.45) is 1.59. The van der Waals surface area contributed by atoms with Crippen LogP contribution in [0.1, 0.15) is 26.7 Å². The zero-order valence-electron chi connectivity index (χ0n) is 11.4. The number of methoxy groups -OCH3 is 1. The molecular weight excluding hydrogens is 222 g/mol. The molecule has 0 spiro atoms. The molecule has 17 heavy (non-hydrogen) atoms. The molecule has 0 aliphatic carbocycles. The average Bonchev–Trinajstić information content (AvgIpc) is 2.36. The largest absolute Gasteiger partial charge is 0.468 e. The molecule has 0 amide bonds. The van der Waals surface area contributed by atoms with Crippen molar-refractivity contribution in [3.63, 3.8) is 0 Å². The van der Waals surface area contributed by atoms with E-state index in [2.05, 4.69) is 12.2 Å². The third-order valence-electron chi connectivity index (χ3n) is 2.65. The first-order valence-electron chi connectivity index (χ1n) is 6.03. The first-order chi connectivity index (χ1) is 8.10. The molecule has 0 saturated heterocycles. The Labute approximate surface area is 104 Å². The number of carbonyl (C=O) groups excluding carboxylic acids is 1. The molecule has 1 N–H and O–H groups in total. The summed E-state index contributed by atoms with van der Waals surface area (Å²) in [5.41, 5.74) is -0.682. The van der Waals surface area contributed by atoms with Crippen molar-refractivity contribution in [1.29, 1.82) is 0 Å². The van der Waals surface area contributed by atoms with Crippen LogP contribution in [0.2, 0.25) is 0 Å². The van der Waals surface area contributed by atoms with Gasteiger partial charge in [0.1, 0.15) is 5.54 Å². The minimum atomic E-state index is -0.682. The third kappa shape index (κ3) is 6.61. The molecule has 5 nitrogen and oxygen atoms in total. The molecule has 0 saturated carbocycles. The van der Waals surface area contributed by atoms with Crippen LogP contribution in [0.25, 0.3) is 0 Å². The number of hydrogen-bond acceptors (Lipinski definition) is 5. The number of carbonyl (C=O) groups is 1. The summed E-state index contributed by atoms with van der Waals surface area (Å²) in [4.78, 5) is 11.5. The molecule has 102 valence electrons. The van der Waals surface area contributed by atoms with Gasteiger partial charge in [-0.2, -0.15) is 0 Å². The average molecular weight is 247 g/mol. The number of nitrogens with one attached hydrogen (secondary N) is 1. The monoisotopic (exact) mass is 247 g/mol. The van der Waals surface area contributed by atoms with Crippen molar-refractivity contribution in [1.82, 2.24) is 5.32 Å². The molecule has 1 atom stereocenters. The van der Waals surface area contributed by atoms with Gasteiger partial charge in [-0.3, -0.25) is 4.79 Å². The number of hydrogen-bond donors (Lipinski definition) is 1. The van der Waals surface area contributed by atoms with Gasteiger partial charge in [-0.1, -0.05) is 6.92 Å². The Bertz CT molecular complexity index is 211. The van der Waals surface area contributed by atoms with E-state index in [1.165, 1.54) is 7.11 Å². The Morgan fingerprint density at radius 1 is 1.18 bits per heavy atom. The lowest BCUT2D eigenvalue weighted by Gasteiger charge is -2.25. The molecule has 0 aromatic rings. The predicted octanol–water partition coefficient (Wildman–Crippen LogP) is 0.971. The normalized spacial score (nSPS) is 14.4. The highest BCUT2D eigenvalue weighted by Crippen LogP contribution is 2.11. The van der Waals surface area contributed by atoms with E-state index >= 15 is 0 Å². The second kappa shape index (κ2) is 9.39. The SMILES string of the molecule is CCCOCCOCCC(C)(NC)C(=O)OC. The molecule has 0 rings (SSSR count). The van der Waals surface area contributed by atoms with E-state index in [4.69, 9.17) is 14.2 Å². The van der Waals surface area contributed by atoms with Crippen LogP contribution in [0.5, 0.6) is 0 Å². The van der Waals surface area contributed by atoms with Crippen molar-refractivity contribution in [3.8, 4) is 0 Å². The van der Waals surface area contributed by atoms with E-state index in [1.54, 1.807) is 14.0 Å². The van der Waals surface area contributed by atoms with Gasteiger partial charge in [-0.15, -0.1) is 0 Å². The maximum absolute atomic E-state index is 11.5. The van der Waals surface area contributed by atoms with E-state index < -0.39 is 5.54 Å². The summed E-state index contributed by atoms with van der Waals surface area (Å²) >= 11 is 0. The highest BCUT2D eigenvalue weighted by Gasteiger charge is 2.31. The number of esters is 1. The summed E-state index contributed by atoms with van der Waals surface area (Å²) in [5, 5.41) is 2.95. The van der Waals surface area contributed by atoms with Crippen molar-refractivity contribution in [2.75, 3.05) is 40.6 Å². The molecule has 0 aromatic carbocycles. The van der Waals surface area contributed by atoms with Crippen LogP contribution in [0.4, 0.5) is 0 Å². The van der Waals surface area contributed by atoms with E-state index in [9.17, 15) is 4.79 Å². The lowest BCUT2D eigenvalue weighted by molar-refractivity contribution is -0.148. The van der Waals surface area contributed by atoms with E-state index in [1.807, 2.05) is 0 Å². The molecule has 1 unspecified atom stereocenters. The summed E-state index contributed by atoms with van der Waals surface area (Å²) < 4.78 is 15.4. The first kappa shape index (κ1) is 16.4. The molecule has 0 aliphatic rings. The van der Waals surface area contributed by atoms with Crippen LogP contribution in [-0.4, -0.2) is 52.1 Å². The smallest absolute Gasteiger partial charge is 0.325 e. The first-order valence-corrected chi connectivity index (χ1v) is 6.03. The van der Waals surface area contributed by atoms with E-state index in [-0.39, 0.29) is 5.97 Å². The Kier molecular flexibility index (Phi) is 9.03. The molecular formula is C12H25NO4. The molecule has 0 aromatic heterocycles. The minimum absolute atomic E-state index is 0.272. The van der Waals surface area contributed by atoms with Crippen LogP contribution < -0.4 is 5.32 Å². The van der Waals surface area contributed by atoms with Crippen LogP contribution >= 0.6 is 0 Å². The van der Waals surface area contributed by atoms with Crippen molar-refractivity contribution in [3.05, 3.63) is 0 Å². The van der Waals surface area contributed by atoms with Crippen molar-refractivity contribution in [2.24, 2.45) is 0 Å². The molecule has 0 heterocycles. The van der Waals surface area contributed by atoms with Gasteiger partial charge in [0.2, 0.25) is 0 Å². The number of likely N-dealkylation sites (N-methyl/N-ethyl adjacent to an activating group) is 1. The second-order valence-corrected chi connectivity index (χ2v) is 4.05. The Morgan fingerprint density at radius 3 is 2.24 bits per heavy atom. The summed E-state index contributed by atoms with van der Waals surface area (Å²) in [6.45, 7) is 6.29. The summed E-state index contributed by atoms with van der Waals surface area (Å²) in [6, 6.07) is 0. The van der Waals surface area contributed by atoms with Crippen LogP contribution in [-0.2, 0) is 19.0 Å². The van der Waals surface area contributed by atoms with Crippen LogP contribution in [0.15, 0.2) is 0 Å². The predicted molar refractivity (Wildman–Crippen MR) is 66.0 cm³/mol. The van der Waals surface area contributed by atoms with Crippen molar-refractivity contribution >= 4 is 5.97 Å². The van der Waals surface area contributed by atoms with Gasteiger partial charge in [0.15, 0.2) is 0 Å². The van der Waals surface area contributed by atoms with Gasteiger partial charge in [0.25, 0.3) is 0 Å². The standard InChI is InChI=1S/C12H25NO4/c1-5-7-16-9-10-17-8-6-12(2,13-3)11(14)15-4/h13H,5-10H2,1-4H3. The number of ether oxygens (including phenoxy) is 3. The quantitative estimate of drug-likeness (QED) is 0.460. The summed E-state index contributed by atoms with van der Waals surface area (Å²) in [5.74, 6) is -0.272. The highest BCUT2D eigenvalue weighted by molar-refractivity contribution is 5.80. The van der Waals surface area contributed by atoms with Crippen molar-refractivity contribution < 1.29 is 19.0 Å². The molecule has 5 heteroatoms. The molecule has 0 aliphatic heterocycles. The van der Waals surface area contributed by atoms with Crippen LogP contribution in [0, 0.1) is 0 Å². The zero-order valence-corrected chi connectivity index (χ0v) is 11.4. The van der Waals surface area contributed by atoms with Gasteiger partial charge >= 0.3 is 5.97 Å². The molecule has 0 radical (unpaired) electrons. The van der Waals surface area contributed by atoms with Crippen molar-refractivity contribution in [2.45, 2.75) is 32.2 Å². The lowest BCUT2D eigenvalue weighted by Crippen LogP contribution is -2.49. The maximum Gasteiger partial charge on any atom is 0.325 e. The fourth-order valence-corrected chi connectivity index (χ4v) is 1.30. The summed E-state index contributed by atoms with van der Waals surface area (Å²) in [7, 11) is 3.12. The van der Waals surface area contributed by atoms with E-state index in [0.29, 0.717) is 26.2 Å². The van der Waals surface area contributed by atoms with Gasteiger partial charge in [0, 0.05) is 13.2 Å². The Morgan fingerprint density at radius 2 is 1.76 bits per heavy atom. The topological polar surface area (TPSA) is 56.8 Å². The van der Waals surface area contributed by atoms with Crippen LogP contribution in [0.3, 0.4) is 0 Å². The Balaban J connectivity index is 3.67. The minimum Gasteiger partial charge on any atom is -0.468 e.